The van der Waals surface area contributed by atoms with Crippen molar-refractivity contribution in [2.24, 2.45) is 0 Å². The molecule has 0 atom stereocenters. The number of anilines is 1. The highest BCUT2D eigenvalue weighted by Gasteiger charge is 2.20. The molecule has 1 heterocycles. The minimum atomic E-state index is -0.368. The van der Waals surface area contributed by atoms with Crippen molar-refractivity contribution in [2.45, 2.75) is 35.1 Å². The zero-order valence-corrected chi connectivity index (χ0v) is 19.7. The molecule has 0 radical (unpaired) electrons. The van der Waals surface area contributed by atoms with E-state index in [-0.39, 0.29) is 18.0 Å². The van der Waals surface area contributed by atoms with Crippen molar-refractivity contribution in [2.75, 3.05) is 31.1 Å². The van der Waals surface area contributed by atoms with Gasteiger partial charge in [0.05, 0.1) is 11.0 Å². The summed E-state index contributed by atoms with van der Waals surface area (Å²) < 4.78 is 8.76. The van der Waals surface area contributed by atoms with Gasteiger partial charge in [-0.2, -0.15) is 0 Å². The highest BCUT2D eigenvalue weighted by Crippen LogP contribution is 2.41. The lowest BCUT2D eigenvalue weighted by atomic mass is 9.93. The summed E-state index contributed by atoms with van der Waals surface area (Å²) in [6, 6.07) is 19.4. The van der Waals surface area contributed by atoms with Crippen LogP contribution in [0.5, 0.6) is 0 Å². The van der Waals surface area contributed by atoms with Gasteiger partial charge in [-0.1, -0.05) is 7.43 Å². The molecular weight excluding hydrogens is 426 g/mol. The molecule has 178 valence electrons. The smallest absolute Gasteiger partial charge is 0.269 e. The van der Waals surface area contributed by atoms with Crippen LogP contribution in [0, 0.1) is 10.1 Å². The molecule has 0 N–H and O–H groups in total. The van der Waals surface area contributed by atoms with Gasteiger partial charge in [-0.15, -0.1) is 0 Å². The van der Waals surface area contributed by atoms with Crippen LogP contribution in [0.15, 0.2) is 65.1 Å². The summed E-state index contributed by atoms with van der Waals surface area (Å²) in [6.07, 6.45) is 0. The van der Waals surface area contributed by atoms with Crippen LogP contribution in [0.2, 0.25) is 0 Å². The lowest BCUT2D eigenvalue weighted by Gasteiger charge is -2.22. The van der Waals surface area contributed by atoms with Crippen LogP contribution in [0.25, 0.3) is 33.4 Å². The van der Waals surface area contributed by atoms with Crippen LogP contribution >= 0.6 is 0 Å². The van der Waals surface area contributed by atoms with Crippen LogP contribution < -0.4 is 14.8 Å². The van der Waals surface area contributed by atoms with Crippen LogP contribution in [0.4, 0.5) is 11.4 Å². The third-order valence-corrected chi connectivity index (χ3v) is 6.31. The Morgan fingerprint density at radius 1 is 0.882 bits per heavy atom. The third kappa shape index (κ3) is 4.53. The van der Waals surface area contributed by atoms with Gasteiger partial charge >= 0.3 is 0 Å². The summed E-state index contributed by atoms with van der Waals surface area (Å²) in [4.78, 5) is 13.1. The average molecular weight is 461 g/mol. The maximum Gasteiger partial charge on any atom is 0.269 e. The number of benzene rings is 3. The van der Waals surface area contributed by atoms with Crippen LogP contribution in [-0.4, -0.2) is 31.1 Å². The molecule has 0 fully saturated rings. The second-order valence-electron chi connectivity index (χ2n) is 7.99. The van der Waals surface area contributed by atoms with E-state index < -0.39 is 0 Å². The Labute approximate surface area is 201 Å². The van der Waals surface area contributed by atoms with Gasteiger partial charge in [0.2, 0.25) is 5.36 Å². The Bertz CT molecular complexity index is 1330. The fourth-order valence-corrected chi connectivity index (χ4v) is 4.50. The maximum absolute atomic E-state index is 11.2. The van der Waals surface area contributed by atoms with Crippen LogP contribution in [-0.2, 0) is 0 Å². The summed E-state index contributed by atoms with van der Waals surface area (Å²) in [5.74, 6) is 0.803. The molecule has 1 aliphatic heterocycles. The Morgan fingerprint density at radius 2 is 1.56 bits per heavy atom. The molecule has 0 saturated carbocycles. The van der Waals surface area contributed by atoms with Crippen molar-refractivity contribution in [3.05, 3.63) is 76.1 Å². The Balaban J connectivity index is 0.00000324. The lowest BCUT2D eigenvalue weighted by molar-refractivity contribution is -0.384. The van der Waals surface area contributed by atoms with E-state index >= 15 is 0 Å². The first-order valence-corrected chi connectivity index (χ1v) is 11.6. The van der Waals surface area contributed by atoms with E-state index in [1.807, 2.05) is 12.1 Å². The van der Waals surface area contributed by atoms with Gasteiger partial charge in [-0.3, -0.25) is 10.1 Å². The Hall–Kier alpha value is -3.67. The van der Waals surface area contributed by atoms with E-state index in [1.165, 1.54) is 0 Å². The summed E-state index contributed by atoms with van der Waals surface area (Å²) in [5, 5.41) is 13.3. The number of fused-ring (bicyclic) bond motifs is 2. The monoisotopic (exact) mass is 460 g/mol. The molecule has 2 aromatic rings. The lowest BCUT2D eigenvalue weighted by Crippen LogP contribution is -2.29. The van der Waals surface area contributed by atoms with E-state index in [2.05, 4.69) is 73.6 Å². The summed E-state index contributed by atoms with van der Waals surface area (Å²) in [6.45, 7) is 12.2. The highest BCUT2D eigenvalue weighted by molar-refractivity contribution is 6.02. The van der Waals surface area contributed by atoms with Crippen molar-refractivity contribution in [1.82, 2.24) is 4.58 Å². The van der Waals surface area contributed by atoms with Crippen LogP contribution in [0.1, 0.15) is 35.1 Å². The zero-order valence-electron chi connectivity index (χ0n) is 19.7. The normalized spacial score (nSPS) is 10.8. The first-order chi connectivity index (χ1) is 16.0. The first-order valence-electron chi connectivity index (χ1n) is 11.6. The standard InChI is InChI=1S/C27H30N3O3.CH4/c1-5-28(6-2)21-13-15-23-25(17-21)33-26-18-22(29(7-3)8-4)14-16-24(26)27(23)19-9-11-20(12-10-19)30(31)32;/h9-18H,5-8H2,1-4H3;1H4/q+1;. The Morgan fingerprint density at radius 3 is 2.15 bits per heavy atom. The summed E-state index contributed by atoms with van der Waals surface area (Å²) in [7, 11) is 0. The van der Waals surface area contributed by atoms with E-state index in [0.717, 1.165) is 70.6 Å². The van der Waals surface area contributed by atoms with E-state index in [4.69, 9.17) is 4.42 Å². The number of nitrogens with zero attached hydrogens (tertiary/aromatic N) is 3. The van der Waals surface area contributed by atoms with E-state index in [1.54, 1.807) is 12.1 Å². The van der Waals surface area contributed by atoms with Gasteiger partial charge in [0.25, 0.3) is 5.69 Å². The largest absolute Gasteiger partial charge is 0.456 e. The second kappa shape index (κ2) is 10.5. The number of non-ortho nitro benzene ring substituents is 1. The molecule has 2 aliphatic rings. The van der Waals surface area contributed by atoms with Crippen molar-refractivity contribution >= 4 is 22.3 Å². The number of rotatable bonds is 7. The van der Waals surface area contributed by atoms with Crippen molar-refractivity contribution < 1.29 is 9.34 Å². The maximum atomic E-state index is 11.2. The molecular formula is C28H34N3O3+. The van der Waals surface area contributed by atoms with Crippen molar-refractivity contribution in [3.8, 4) is 22.5 Å². The molecule has 0 amide bonds. The number of hydrogen-bond acceptors (Lipinski definition) is 4. The van der Waals surface area contributed by atoms with Gasteiger partial charge in [0.1, 0.15) is 24.4 Å². The molecule has 4 rings (SSSR count). The fraction of sp³-hybridized carbons (Fsp3) is 0.321. The van der Waals surface area contributed by atoms with Gasteiger partial charge in [0, 0.05) is 59.6 Å². The predicted molar refractivity (Wildman–Crippen MR) is 142 cm³/mol. The van der Waals surface area contributed by atoms with Crippen molar-refractivity contribution in [1.29, 1.82) is 0 Å². The molecule has 0 bridgehead atoms. The zero-order chi connectivity index (χ0) is 23.5. The molecule has 1 aliphatic carbocycles. The minimum absolute atomic E-state index is 0. The molecule has 0 unspecified atom stereocenters. The van der Waals surface area contributed by atoms with E-state index in [9.17, 15) is 10.1 Å². The Kier molecular flexibility index (Phi) is 7.72. The molecule has 34 heavy (non-hydrogen) atoms. The van der Waals surface area contributed by atoms with Crippen molar-refractivity contribution in [3.63, 3.8) is 0 Å². The second-order valence-corrected chi connectivity index (χ2v) is 7.99. The minimum Gasteiger partial charge on any atom is -0.456 e. The molecule has 0 spiro atoms. The number of nitro groups is 1. The van der Waals surface area contributed by atoms with Gasteiger partial charge < -0.3 is 9.32 Å². The van der Waals surface area contributed by atoms with E-state index in [0.29, 0.717) is 0 Å². The fourth-order valence-electron chi connectivity index (χ4n) is 4.50. The molecule has 0 saturated heterocycles. The van der Waals surface area contributed by atoms with Gasteiger partial charge in [-0.25, -0.2) is 4.58 Å². The number of nitro benzene ring substituents is 1. The summed E-state index contributed by atoms with van der Waals surface area (Å²) in [5.41, 5.74) is 4.95. The topological polar surface area (TPSA) is 62.5 Å². The molecule has 6 nitrogen and oxygen atoms in total. The predicted octanol–water partition coefficient (Wildman–Crippen LogP) is 6.41. The van der Waals surface area contributed by atoms with Gasteiger partial charge in [0.15, 0.2) is 0 Å². The highest BCUT2D eigenvalue weighted by atomic mass is 16.6. The first kappa shape index (κ1) is 25.0. The molecule has 0 aromatic heterocycles. The SMILES string of the molecule is C.CCN(CC)c1ccc2c(-c3ccc([N+](=O)[O-])cc3)c3ccc(=[N+](CC)CC)cc-3oc2c1. The third-order valence-electron chi connectivity index (χ3n) is 6.31. The summed E-state index contributed by atoms with van der Waals surface area (Å²) >= 11 is 0. The molecule has 6 heteroatoms. The van der Waals surface area contributed by atoms with Gasteiger partial charge in [-0.05, 0) is 63.6 Å². The molecule has 2 aromatic carbocycles. The average Bonchev–Trinajstić information content (AvgIpc) is 2.84. The quantitative estimate of drug-likeness (QED) is 0.138. The van der Waals surface area contributed by atoms with Crippen LogP contribution in [0.3, 0.4) is 0 Å². The number of hydrogen-bond donors (Lipinski definition) is 0.